The summed E-state index contributed by atoms with van der Waals surface area (Å²) < 4.78 is 98.8. The van der Waals surface area contributed by atoms with Gasteiger partial charge in [0.25, 0.3) is 0 Å². The van der Waals surface area contributed by atoms with Gasteiger partial charge >= 0.3 is 24.5 Å². The average Bonchev–Trinajstić information content (AvgIpc) is 3.20. The first-order chi connectivity index (χ1) is 28.5. The molecule has 4 saturated heterocycles. The Morgan fingerprint density at radius 1 is 0.623 bits per heavy atom. The van der Waals surface area contributed by atoms with Crippen molar-refractivity contribution < 1.29 is 59.7 Å². The molecule has 0 radical (unpaired) electrons. The number of halogens is 6. The van der Waals surface area contributed by atoms with Gasteiger partial charge in [0, 0.05) is 102 Å². The average molecular weight is 875 g/mol. The van der Waals surface area contributed by atoms with E-state index >= 15 is 0 Å². The number of piperazine rings is 2. The third-order valence-corrected chi connectivity index (χ3v) is 9.79. The van der Waals surface area contributed by atoms with Crippen molar-refractivity contribution in [3.63, 3.8) is 0 Å². The summed E-state index contributed by atoms with van der Waals surface area (Å²) in [5, 5.41) is 3.18. The van der Waals surface area contributed by atoms with Crippen LogP contribution >= 0.6 is 0 Å². The molecule has 0 spiro atoms. The molecule has 0 aromatic heterocycles. The van der Waals surface area contributed by atoms with E-state index in [4.69, 9.17) is 18.9 Å². The number of carbonyl (C=O) groups is 3. The van der Waals surface area contributed by atoms with Gasteiger partial charge in [0.15, 0.2) is 6.29 Å². The third kappa shape index (κ3) is 16.1. The van der Waals surface area contributed by atoms with Gasteiger partial charge in [-0.2, -0.15) is 26.3 Å². The zero-order valence-electron chi connectivity index (χ0n) is 35.9. The largest absolute Gasteiger partial charge is 0.444 e. The highest BCUT2D eigenvalue weighted by Gasteiger charge is 2.34. The molecule has 1 N–H and O–H groups in total. The topological polar surface area (TPSA) is 116 Å². The van der Waals surface area contributed by atoms with E-state index in [-0.39, 0.29) is 23.4 Å². The van der Waals surface area contributed by atoms with Gasteiger partial charge in [0.2, 0.25) is 0 Å². The van der Waals surface area contributed by atoms with Gasteiger partial charge in [-0.3, -0.25) is 9.69 Å². The summed E-state index contributed by atoms with van der Waals surface area (Å²) in [6, 6.07) is 7.13. The maximum atomic E-state index is 13.3. The Bertz CT molecular complexity index is 1720. The minimum atomic E-state index is -4.40. The number of hydrogen-bond acceptors (Lipinski definition) is 11. The number of anilines is 2. The third-order valence-electron chi connectivity index (χ3n) is 9.79. The van der Waals surface area contributed by atoms with Crippen LogP contribution in [0.15, 0.2) is 36.4 Å². The zero-order chi connectivity index (χ0) is 45.0. The smallest absolute Gasteiger partial charge is 0.416 e. The molecule has 13 nitrogen and oxygen atoms in total. The molecular formula is C42H60F6N6O7. The van der Waals surface area contributed by atoms with Crippen LogP contribution < -0.4 is 15.1 Å². The molecule has 4 heterocycles. The van der Waals surface area contributed by atoms with Crippen molar-refractivity contribution >= 4 is 29.8 Å². The first-order valence-electron chi connectivity index (χ1n) is 20.4. The maximum Gasteiger partial charge on any atom is 0.416 e. The highest BCUT2D eigenvalue weighted by Crippen LogP contribution is 2.35. The number of benzene rings is 2. The van der Waals surface area contributed by atoms with Crippen LogP contribution in [0.3, 0.4) is 0 Å². The standard InChI is InChI=1S/C21H30F3N3O3.C12H12F3NO2.C9H18N2O2/c1-20(2,3)30-19(28)27-8-6-25(7-9-27)15-16-4-5-17(21(22,23)24)14-18(16)26-10-12-29-13-11-26;13-12(14,15)10-2-1-9(8-17)11(7-10)16-3-5-18-6-4-16;1-9(2,3)13-8(12)11-6-4-10-5-7-11/h4-5,14H,6-13,15H2,1-3H3;1-2,7-8H,3-6H2;10H,4-7H2,1-3H3. The number of rotatable bonds is 5. The van der Waals surface area contributed by atoms with E-state index in [0.717, 1.165) is 49.9 Å². The van der Waals surface area contributed by atoms with E-state index in [9.17, 15) is 40.7 Å². The molecule has 0 saturated carbocycles. The van der Waals surface area contributed by atoms with Crippen LogP contribution in [0.4, 0.5) is 47.3 Å². The molecule has 0 bridgehead atoms. The van der Waals surface area contributed by atoms with Gasteiger partial charge < -0.3 is 43.9 Å². The van der Waals surface area contributed by atoms with Gasteiger partial charge in [-0.1, -0.05) is 6.07 Å². The van der Waals surface area contributed by atoms with Crippen molar-refractivity contribution in [2.45, 2.75) is 71.6 Å². The fraction of sp³-hybridized carbons (Fsp3) is 0.643. The Labute approximate surface area is 354 Å². The summed E-state index contributed by atoms with van der Waals surface area (Å²) in [7, 11) is 0. The van der Waals surface area contributed by atoms with Gasteiger partial charge in [-0.25, -0.2) is 9.59 Å². The van der Waals surface area contributed by atoms with Gasteiger partial charge in [0.05, 0.1) is 37.6 Å². The molecule has 0 unspecified atom stereocenters. The SMILES string of the molecule is CC(C)(C)OC(=O)N1CCN(Cc2ccc(C(F)(F)F)cc2N2CCOCC2)CC1.CC(C)(C)OC(=O)N1CCNCC1.O=Cc1ccc(C(F)(F)F)cc1N1CCOCC1. The zero-order valence-corrected chi connectivity index (χ0v) is 35.9. The Morgan fingerprint density at radius 2 is 1.05 bits per heavy atom. The first kappa shape index (κ1) is 49.3. The predicted molar refractivity (Wildman–Crippen MR) is 218 cm³/mol. The van der Waals surface area contributed by atoms with Crippen molar-refractivity contribution in [3.05, 3.63) is 58.7 Å². The number of morpholine rings is 2. The lowest BCUT2D eigenvalue weighted by Gasteiger charge is -2.37. The molecule has 19 heteroatoms. The van der Waals surface area contributed by atoms with E-state index in [0.29, 0.717) is 103 Å². The second-order valence-corrected chi connectivity index (χ2v) is 16.9. The summed E-state index contributed by atoms with van der Waals surface area (Å²) in [6.07, 6.45) is -8.73. The van der Waals surface area contributed by atoms with Gasteiger partial charge in [0.1, 0.15) is 11.2 Å². The molecule has 0 atom stereocenters. The van der Waals surface area contributed by atoms with Crippen molar-refractivity contribution in [2.24, 2.45) is 0 Å². The Hall–Kier alpha value is -4.33. The monoisotopic (exact) mass is 874 g/mol. The number of carbonyl (C=O) groups excluding carboxylic acids is 3. The second-order valence-electron chi connectivity index (χ2n) is 16.9. The predicted octanol–water partition coefficient (Wildman–Crippen LogP) is 6.78. The van der Waals surface area contributed by atoms with E-state index in [1.54, 1.807) is 20.8 Å². The lowest BCUT2D eigenvalue weighted by molar-refractivity contribution is -0.138. The molecule has 2 amide bonds. The number of nitrogens with one attached hydrogen (secondary N) is 1. The normalized spacial score (nSPS) is 18.3. The first-order valence-corrected chi connectivity index (χ1v) is 20.4. The lowest BCUT2D eigenvalue weighted by Crippen LogP contribution is -2.49. The summed E-state index contributed by atoms with van der Waals surface area (Å²) >= 11 is 0. The molecular weight excluding hydrogens is 814 g/mol. The van der Waals surface area contributed by atoms with E-state index in [1.165, 1.54) is 12.1 Å². The molecule has 4 aliphatic rings. The lowest BCUT2D eigenvalue weighted by atomic mass is 10.1. The molecule has 4 fully saturated rings. The van der Waals surface area contributed by atoms with Crippen molar-refractivity contribution in [3.8, 4) is 0 Å². The second kappa shape index (κ2) is 21.6. The number of nitrogens with zero attached hydrogens (tertiary/aromatic N) is 5. The maximum absolute atomic E-state index is 13.3. The molecule has 2 aromatic rings. The molecule has 0 aliphatic carbocycles. The Kier molecular flexibility index (Phi) is 17.5. The molecule has 6 rings (SSSR count). The summed E-state index contributed by atoms with van der Waals surface area (Å²) in [4.78, 5) is 43.9. The van der Waals surface area contributed by atoms with Crippen LogP contribution in [0.2, 0.25) is 0 Å². The number of alkyl halides is 6. The van der Waals surface area contributed by atoms with Crippen molar-refractivity contribution in [2.75, 3.05) is 115 Å². The van der Waals surface area contributed by atoms with Crippen LogP contribution in [0.25, 0.3) is 0 Å². The van der Waals surface area contributed by atoms with Crippen LogP contribution in [-0.4, -0.2) is 149 Å². The Balaban J connectivity index is 0.000000223. The van der Waals surface area contributed by atoms with Crippen molar-refractivity contribution in [1.82, 2.24) is 20.0 Å². The van der Waals surface area contributed by atoms with Crippen LogP contribution in [0, 0.1) is 0 Å². The quantitative estimate of drug-likeness (QED) is 0.254. The Morgan fingerprint density at radius 3 is 1.49 bits per heavy atom. The minimum Gasteiger partial charge on any atom is -0.444 e. The molecule has 2 aromatic carbocycles. The minimum absolute atomic E-state index is 0.200. The molecule has 342 valence electrons. The van der Waals surface area contributed by atoms with E-state index in [2.05, 4.69) is 10.2 Å². The van der Waals surface area contributed by atoms with Crippen LogP contribution in [0.1, 0.15) is 68.6 Å². The van der Waals surface area contributed by atoms with E-state index in [1.807, 2.05) is 46.4 Å². The van der Waals surface area contributed by atoms with Crippen molar-refractivity contribution in [1.29, 1.82) is 0 Å². The summed E-state index contributed by atoms with van der Waals surface area (Å²) in [6.45, 7) is 21.3. The summed E-state index contributed by atoms with van der Waals surface area (Å²) in [5.41, 5.74) is -0.243. The number of amides is 2. The van der Waals surface area contributed by atoms with E-state index < -0.39 is 29.1 Å². The van der Waals surface area contributed by atoms with Gasteiger partial charge in [-0.15, -0.1) is 0 Å². The fourth-order valence-corrected chi connectivity index (χ4v) is 6.70. The van der Waals surface area contributed by atoms with Crippen LogP contribution in [0.5, 0.6) is 0 Å². The fourth-order valence-electron chi connectivity index (χ4n) is 6.70. The summed E-state index contributed by atoms with van der Waals surface area (Å²) in [5.74, 6) is 0. The van der Waals surface area contributed by atoms with Gasteiger partial charge in [-0.05, 0) is 77.4 Å². The number of aldehydes is 1. The molecule has 4 aliphatic heterocycles. The molecule has 61 heavy (non-hydrogen) atoms. The number of ether oxygens (including phenoxy) is 4. The highest BCUT2D eigenvalue weighted by molar-refractivity contribution is 5.85. The highest BCUT2D eigenvalue weighted by atomic mass is 19.4. The van der Waals surface area contributed by atoms with Crippen LogP contribution in [-0.2, 0) is 37.8 Å². The number of hydrogen-bond donors (Lipinski definition) is 1.